The van der Waals surface area contributed by atoms with Crippen molar-refractivity contribution in [2.75, 3.05) is 11.4 Å². The van der Waals surface area contributed by atoms with Crippen LogP contribution in [0.25, 0.3) is 0 Å². The van der Waals surface area contributed by atoms with Crippen molar-refractivity contribution in [1.82, 2.24) is 3.30 Å². The van der Waals surface area contributed by atoms with Gasteiger partial charge in [-0.15, -0.1) is 0 Å². The van der Waals surface area contributed by atoms with Crippen molar-refractivity contribution < 1.29 is 18.0 Å². The summed E-state index contributed by atoms with van der Waals surface area (Å²) in [7, 11) is 0. The number of aryl methyl sites for hydroxylation is 1. The van der Waals surface area contributed by atoms with Gasteiger partial charge in [-0.25, -0.2) is 0 Å². The van der Waals surface area contributed by atoms with Crippen molar-refractivity contribution in [3.63, 3.8) is 0 Å². The zero-order valence-electron chi connectivity index (χ0n) is 12.2. The van der Waals surface area contributed by atoms with Crippen LogP contribution in [-0.4, -0.2) is 46.4 Å². The monoisotopic (exact) mass is 414 g/mol. The second-order valence-electron chi connectivity index (χ2n) is 6.02. The summed E-state index contributed by atoms with van der Waals surface area (Å²) >= 11 is -2.59. The Morgan fingerprint density at radius 1 is 1.36 bits per heavy atom. The van der Waals surface area contributed by atoms with E-state index in [9.17, 15) is 18.0 Å². The minimum atomic E-state index is -4.17. The van der Waals surface area contributed by atoms with Gasteiger partial charge in [0.2, 0.25) is 0 Å². The summed E-state index contributed by atoms with van der Waals surface area (Å²) < 4.78 is 41.8. The maximum absolute atomic E-state index is 12.7. The Bertz CT molecular complexity index is 564. The topological polar surface area (TPSA) is 32.3 Å². The van der Waals surface area contributed by atoms with Crippen molar-refractivity contribution in [2.45, 2.75) is 39.8 Å². The summed E-state index contributed by atoms with van der Waals surface area (Å²) in [5, 5.41) is 0. The maximum atomic E-state index is 12.7. The van der Waals surface area contributed by atoms with Crippen LogP contribution in [0.5, 0.6) is 0 Å². The second kappa shape index (κ2) is 6.43. The van der Waals surface area contributed by atoms with E-state index in [1.54, 1.807) is 4.90 Å². The fourth-order valence-corrected chi connectivity index (χ4v) is 11.3. The van der Waals surface area contributed by atoms with Gasteiger partial charge < -0.3 is 0 Å². The third kappa shape index (κ3) is 3.45. The van der Waals surface area contributed by atoms with Gasteiger partial charge in [0.1, 0.15) is 0 Å². The Morgan fingerprint density at radius 3 is 2.86 bits per heavy atom. The number of nitrogens with zero attached hydrogens (tertiary/aromatic N) is 1. The molecular formula is C15H18F3InN2O. The van der Waals surface area contributed by atoms with Crippen LogP contribution in [0.1, 0.15) is 18.4 Å². The standard InChI is InChI=1S/C11H12NO.C4H6F3N.In/c1-9(13)12-8-4-6-10-5-2-3-7-11(10)12;1-2-3(8)4(5,6)7;/h2-3,5,7H,1,4,6,8H2;3,8H,1-2H2;/q;-1;+1. The average Bonchev–Trinajstić information content (AvgIpc) is 2.95. The fourth-order valence-electron chi connectivity index (χ4n) is 3.35. The molecule has 7 heteroatoms. The number of amides is 1. The first-order valence-corrected chi connectivity index (χ1v) is 14.0. The van der Waals surface area contributed by atoms with Crippen LogP contribution in [-0.2, 0) is 11.2 Å². The van der Waals surface area contributed by atoms with Crippen LogP contribution in [0.15, 0.2) is 24.3 Å². The molecule has 0 saturated carbocycles. The fraction of sp³-hybridized carbons (Fsp3) is 0.533. The molecule has 1 aromatic rings. The third-order valence-electron chi connectivity index (χ3n) is 4.47. The Morgan fingerprint density at radius 2 is 2.14 bits per heavy atom. The molecule has 0 spiro atoms. The first-order chi connectivity index (χ1) is 10.4. The number of carbonyl (C=O) groups excluding carboxylic acids is 1. The number of para-hydroxylation sites is 1. The summed E-state index contributed by atoms with van der Waals surface area (Å²) in [6, 6.07) is 6.43. The number of hydrogen-bond acceptors (Lipinski definition) is 2. The summed E-state index contributed by atoms with van der Waals surface area (Å²) in [6.45, 7) is 0.678. The Kier molecular flexibility index (Phi) is 4.73. The average molecular weight is 414 g/mol. The molecule has 1 atom stereocenters. The van der Waals surface area contributed by atoms with Gasteiger partial charge in [0.05, 0.1) is 0 Å². The summed E-state index contributed by atoms with van der Waals surface area (Å²) in [6.07, 6.45) is -2.15. The minimum absolute atomic E-state index is 0.00303. The van der Waals surface area contributed by atoms with Crippen molar-refractivity contribution >= 4 is 33.3 Å². The second-order valence-corrected chi connectivity index (χ2v) is 13.8. The number of anilines is 1. The number of alkyl halides is 3. The molecule has 1 N–H and O–H groups in total. The van der Waals surface area contributed by atoms with E-state index in [2.05, 4.69) is 3.30 Å². The summed E-state index contributed by atoms with van der Waals surface area (Å²) in [5.74, 6) is 0.00303. The molecule has 0 aromatic heterocycles. The molecular weight excluding hydrogens is 396 g/mol. The number of fused-ring (bicyclic) bond motifs is 1. The van der Waals surface area contributed by atoms with E-state index in [1.165, 1.54) is 0 Å². The summed E-state index contributed by atoms with van der Waals surface area (Å²) in [5.41, 5.74) is 2.10. The van der Waals surface area contributed by atoms with Crippen molar-refractivity contribution in [3.05, 3.63) is 29.8 Å². The zero-order valence-corrected chi connectivity index (χ0v) is 15.5. The van der Waals surface area contributed by atoms with Gasteiger partial charge in [0.15, 0.2) is 0 Å². The predicted molar refractivity (Wildman–Crippen MR) is 80.1 cm³/mol. The van der Waals surface area contributed by atoms with Crippen molar-refractivity contribution in [3.8, 4) is 0 Å². The van der Waals surface area contributed by atoms with Crippen LogP contribution in [0.3, 0.4) is 0 Å². The van der Waals surface area contributed by atoms with Gasteiger partial charge in [-0.05, 0) is 0 Å². The van der Waals surface area contributed by atoms with E-state index >= 15 is 0 Å². The first kappa shape index (κ1) is 16.2. The molecule has 1 unspecified atom stereocenters. The molecule has 3 nitrogen and oxygen atoms in total. The molecule has 0 bridgehead atoms. The molecule has 118 valence electrons. The van der Waals surface area contributed by atoms with E-state index in [0.29, 0.717) is 14.9 Å². The predicted octanol–water partition coefficient (Wildman–Crippen LogP) is 2.88. The van der Waals surface area contributed by atoms with Crippen LogP contribution in [0, 0.1) is 0 Å². The number of hydrogen-bond donors (Lipinski definition) is 1. The first-order valence-electron chi connectivity index (χ1n) is 7.66. The van der Waals surface area contributed by atoms with Gasteiger partial charge in [-0.1, -0.05) is 0 Å². The van der Waals surface area contributed by atoms with Gasteiger partial charge in [-0.2, -0.15) is 0 Å². The van der Waals surface area contributed by atoms with Crippen LogP contribution in [0.2, 0.25) is 8.35 Å². The van der Waals surface area contributed by atoms with Crippen LogP contribution in [0.4, 0.5) is 18.9 Å². The molecule has 3 rings (SSSR count). The number of nitrogens with one attached hydrogen (secondary N) is 1. The Balaban J connectivity index is 1.64. The molecule has 2 heterocycles. The van der Waals surface area contributed by atoms with E-state index in [1.807, 2.05) is 24.3 Å². The Labute approximate surface area is 135 Å². The molecule has 1 saturated heterocycles. The zero-order chi connectivity index (χ0) is 15.7. The third-order valence-corrected chi connectivity index (χ3v) is 12.3. The normalized spacial score (nSPS) is 21.9. The van der Waals surface area contributed by atoms with Crippen LogP contribution >= 0.6 is 0 Å². The molecule has 1 fully saturated rings. The number of carbonyl (C=O) groups is 1. The number of rotatable bonds is 2. The van der Waals surface area contributed by atoms with E-state index in [4.69, 9.17) is 0 Å². The molecule has 1 amide bonds. The van der Waals surface area contributed by atoms with Crippen LogP contribution < -0.4 is 8.20 Å². The van der Waals surface area contributed by atoms with Gasteiger partial charge in [0, 0.05) is 0 Å². The van der Waals surface area contributed by atoms with Crippen molar-refractivity contribution in [1.29, 1.82) is 0 Å². The van der Waals surface area contributed by atoms with Gasteiger partial charge in [0.25, 0.3) is 0 Å². The number of benzene rings is 1. The van der Waals surface area contributed by atoms with Crippen molar-refractivity contribution in [2.24, 2.45) is 0 Å². The molecule has 1 aromatic carbocycles. The van der Waals surface area contributed by atoms with E-state index in [-0.39, 0.29) is 12.3 Å². The molecule has 0 radical (unpaired) electrons. The number of halogens is 3. The van der Waals surface area contributed by atoms with E-state index in [0.717, 1.165) is 24.1 Å². The summed E-state index contributed by atoms with van der Waals surface area (Å²) in [4.78, 5) is 14.3. The molecule has 2 aliphatic heterocycles. The SMILES string of the molecule is O=C([CH2][In]1[CH2]CC(C(F)(F)F)[NH]1)N1CCCc2ccccc21. The quantitative estimate of drug-likeness (QED) is 0.808. The van der Waals surface area contributed by atoms with Gasteiger partial charge >= 0.3 is 136 Å². The Hall–Kier alpha value is -0.690. The van der Waals surface area contributed by atoms with Gasteiger partial charge in [-0.3, -0.25) is 0 Å². The molecule has 22 heavy (non-hydrogen) atoms. The molecule has 2 aliphatic rings. The molecule has 0 aliphatic carbocycles. The van der Waals surface area contributed by atoms with E-state index < -0.39 is 33.9 Å².